The fourth-order valence-electron chi connectivity index (χ4n) is 2.56. The van der Waals surface area contributed by atoms with E-state index in [0.29, 0.717) is 31.5 Å². The molecule has 7 heteroatoms. The molecule has 2 N–H and O–H groups in total. The second kappa shape index (κ2) is 7.23. The molecule has 0 aromatic carbocycles. The fraction of sp³-hybridized carbons (Fsp3) is 0.438. The third-order valence-corrected chi connectivity index (χ3v) is 3.70. The van der Waals surface area contributed by atoms with Gasteiger partial charge in [-0.25, -0.2) is 9.97 Å². The maximum absolute atomic E-state index is 9.64. The van der Waals surface area contributed by atoms with Gasteiger partial charge in [0.05, 0.1) is 12.7 Å². The van der Waals surface area contributed by atoms with Crippen molar-refractivity contribution >= 4 is 11.8 Å². The van der Waals surface area contributed by atoms with Gasteiger partial charge in [0.1, 0.15) is 5.82 Å². The first kappa shape index (κ1) is 15.5. The van der Waals surface area contributed by atoms with E-state index in [1.54, 1.807) is 12.4 Å². The van der Waals surface area contributed by atoms with E-state index in [0.717, 1.165) is 24.3 Å². The van der Waals surface area contributed by atoms with E-state index in [-0.39, 0.29) is 6.10 Å². The SMILES string of the molecule is CCOc1ncccc1CNc1nccc(N2CCC(O)C2)n1. The lowest BCUT2D eigenvalue weighted by Crippen LogP contribution is -2.22. The highest BCUT2D eigenvalue weighted by atomic mass is 16.5. The highest BCUT2D eigenvalue weighted by Crippen LogP contribution is 2.20. The number of hydrogen-bond donors (Lipinski definition) is 2. The molecule has 2 aromatic rings. The quantitative estimate of drug-likeness (QED) is 0.835. The molecule has 1 aliphatic rings. The maximum Gasteiger partial charge on any atom is 0.224 e. The topological polar surface area (TPSA) is 83.4 Å². The van der Waals surface area contributed by atoms with Crippen LogP contribution in [0.3, 0.4) is 0 Å². The van der Waals surface area contributed by atoms with Gasteiger partial charge in [0.15, 0.2) is 0 Å². The number of ether oxygens (including phenoxy) is 1. The molecule has 3 heterocycles. The van der Waals surface area contributed by atoms with E-state index in [1.807, 2.05) is 25.1 Å². The molecule has 2 aromatic heterocycles. The number of anilines is 2. The van der Waals surface area contributed by atoms with Crippen LogP contribution in [-0.4, -0.2) is 45.9 Å². The molecule has 1 saturated heterocycles. The Balaban J connectivity index is 1.67. The Morgan fingerprint density at radius 3 is 3.04 bits per heavy atom. The average molecular weight is 315 g/mol. The first-order valence-corrected chi connectivity index (χ1v) is 7.83. The molecular weight excluding hydrogens is 294 g/mol. The van der Waals surface area contributed by atoms with Gasteiger partial charge in [0.2, 0.25) is 11.8 Å². The zero-order valence-electron chi connectivity index (χ0n) is 13.1. The fourth-order valence-corrected chi connectivity index (χ4v) is 2.56. The zero-order valence-corrected chi connectivity index (χ0v) is 13.1. The highest BCUT2D eigenvalue weighted by Gasteiger charge is 2.21. The molecule has 122 valence electrons. The summed E-state index contributed by atoms with van der Waals surface area (Å²) in [7, 11) is 0. The summed E-state index contributed by atoms with van der Waals surface area (Å²) in [5.41, 5.74) is 0.958. The number of aromatic nitrogens is 3. The predicted octanol–water partition coefficient (Wildman–Crippen LogP) is 1.45. The maximum atomic E-state index is 9.64. The van der Waals surface area contributed by atoms with Gasteiger partial charge in [-0.1, -0.05) is 6.07 Å². The molecule has 0 saturated carbocycles. The number of nitrogens with one attached hydrogen (secondary N) is 1. The molecule has 0 bridgehead atoms. The van der Waals surface area contributed by atoms with Crippen molar-refractivity contribution in [1.29, 1.82) is 0 Å². The Morgan fingerprint density at radius 1 is 1.35 bits per heavy atom. The van der Waals surface area contributed by atoms with Crippen molar-refractivity contribution < 1.29 is 9.84 Å². The molecule has 0 spiro atoms. The minimum atomic E-state index is -0.273. The summed E-state index contributed by atoms with van der Waals surface area (Å²) >= 11 is 0. The van der Waals surface area contributed by atoms with Gasteiger partial charge in [0, 0.05) is 37.6 Å². The molecule has 3 rings (SSSR count). The minimum absolute atomic E-state index is 0.273. The van der Waals surface area contributed by atoms with Crippen LogP contribution in [0.4, 0.5) is 11.8 Å². The Hall–Kier alpha value is -2.41. The van der Waals surface area contributed by atoms with Crippen LogP contribution < -0.4 is 15.0 Å². The summed E-state index contributed by atoms with van der Waals surface area (Å²) in [5.74, 6) is 2.01. The van der Waals surface area contributed by atoms with Crippen molar-refractivity contribution in [2.45, 2.75) is 26.0 Å². The smallest absolute Gasteiger partial charge is 0.224 e. The van der Waals surface area contributed by atoms with Gasteiger partial charge in [-0.05, 0) is 25.5 Å². The van der Waals surface area contributed by atoms with Crippen molar-refractivity contribution in [1.82, 2.24) is 15.0 Å². The third kappa shape index (κ3) is 3.87. The summed E-state index contributed by atoms with van der Waals surface area (Å²) in [5, 5.41) is 12.8. The number of rotatable bonds is 6. The lowest BCUT2D eigenvalue weighted by molar-refractivity contribution is 0.198. The second-order valence-electron chi connectivity index (χ2n) is 5.38. The van der Waals surface area contributed by atoms with E-state index in [2.05, 4.69) is 25.2 Å². The standard InChI is InChI=1S/C16H21N5O2/c1-2-23-15-12(4-3-7-17-15)10-19-16-18-8-5-14(20-16)21-9-6-13(22)11-21/h3-5,7-8,13,22H,2,6,9-11H2,1H3,(H,18,19,20). The predicted molar refractivity (Wildman–Crippen MR) is 87.6 cm³/mol. The van der Waals surface area contributed by atoms with Crippen LogP contribution >= 0.6 is 0 Å². The second-order valence-corrected chi connectivity index (χ2v) is 5.38. The monoisotopic (exact) mass is 315 g/mol. The Morgan fingerprint density at radius 2 is 2.26 bits per heavy atom. The van der Waals surface area contributed by atoms with E-state index in [1.165, 1.54) is 0 Å². The number of hydrogen-bond acceptors (Lipinski definition) is 7. The number of aliphatic hydroxyl groups excluding tert-OH is 1. The third-order valence-electron chi connectivity index (χ3n) is 3.70. The van der Waals surface area contributed by atoms with Crippen LogP contribution in [0.2, 0.25) is 0 Å². The summed E-state index contributed by atoms with van der Waals surface area (Å²) in [6.45, 7) is 4.48. The van der Waals surface area contributed by atoms with Crippen LogP contribution in [0, 0.1) is 0 Å². The molecule has 1 aliphatic heterocycles. The number of nitrogens with zero attached hydrogens (tertiary/aromatic N) is 4. The lowest BCUT2D eigenvalue weighted by Gasteiger charge is -2.17. The summed E-state index contributed by atoms with van der Waals surface area (Å²) in [6.07, 6.45) is 3.94. The molecule has 0 aliphatic carbocycles. The Bertz CT molecular complexity index is 652. The molecule has 1 fully saturated rings. The van der Waals surface area contributed by atoms with Crippen molar-refractivity contribution in [2.75, 3.05) is 29.9 Å². The molecular formula is C16H21N5O2. The van der Waals surface area contributed by atoms with Crippen LogP contribution in [-0.2, 0) is 6.54 Å². The van der Waals surface area contributed by atoms with Gasteiger partial charge in [-0.15, -0.1) is 0 Å². The van der Waals surface area contributed by atoms with E-state index < -0.39 is 0 Å². The summed E-state index contributed by atoms with van der Waals surface area (Å²) < 4.78 is 5.51. The first-order valence-electron chi connectivity index (χ1n) is 7.83. The number of β-amino-alcohol motifs (C(OH)–C–C–N with tert-alkyl or cyclic N) is 1. The van der Waals surface area contributed by atoms with Gasteiger partial charge in [0.25, 0.3) is 0 Å². The van der Waals surface area contributed by atoms with Crippen LogP contribution in [0.25, 0.3) is 0 Å². The van der Waals surface area contributed by atoms with Crippen molar-refractivity contribution in [3.05, 3.63) is 36.2 Å². The highest BCUT2D eigenvalue weighted by molar-refractivity contribution is 5.44. The zero-order chi connectivity index (χ0) is 16.1. The minimum Gasteiger partial charge on any atom is -0.478 e. The van der Waals surface area contributed by atoms with Crippen molar-refractivity contribution in [2.24, 2.45) is 0 Å². The molecule has 23 heavy (non-hydrogen) atoms. The van der Waals surface area contributed by atoms with Crippen LogP contribution in [0.15, 0.2) is 30.6 Å². The number of aliphatic hydroxyl groups is 1. The molecule has 7 nitrogen and oxygen atoms in total. The molecule has 0 radical (unpaired) electrons. The van der Waals surface area contributed by atoms with Gasteiger partial charge >= 0.3 is 0 Å². The van der Waals surface area contributed by atoms with Crippen LogP contribution in [0.1, 0.15) is 18.9 Å². The van der Waals surface area contributed by atoms with Gasteiger partial charge in [-0.3, -0.25) is 0 Å². The Labute approximate surface area is 135 Å². The lowest BCUT2D eigenvalue weighted by atomic mass is 10.2. The largest absolute Gasteiger partial charge is 0.478 e. The van der Waals surface area contributed by atoms with E-state index >= 15 is 0 Å². The van der Waals surface area contributed by atoms with Crippen LogP contribution in [0.5, 0.6) is 5.88 Å². The summed E-state index contributed by atoms with van der Waals surface area (Å²) in [6, 6.07) is 5.70. The summed E-state index contributed by atoms with van der Waals surface area (Å²) in [4.78, 5) is 15.1. The first-order chi connectivity index (χ1) is 11.3. The Kier molecular flexibility index (Phi) is 4.87. The van der Waals surface area contributed by atoms with Gasteiger partial charge < -0.3 is 20.1 Å². The molecule has 1 atom stereocenters. The number of pyridine rings is 1. The average Bonchev–Trinajstić information content (AvgIpc) is 3.01. The van der Waals surface area contributed by atoms with Crippen molar-refractivity contribution in [3.63, 3.8) is 0 Å². The van der Waals surface area contributed by atoms with E-state index in [4.69, 9.17) is 4.74 Å². The van der Waals surface area contributed by atoms with Gasteiger partial charge in [-0.2, -0.15) is 4.98 Å². The molecule has 0 amide bonds. The van der Waals surface area contributed by atoms with Crippen molar-refractivity contribution in [3.8, 4) is 5.88 Å². The van der Waals surface area contributed by atoms with E-state index in [9.17, 15) is 5.11 Å². The normalized spacial score (nSPS) is 17.3. The molecule has 1 unspecified atom stereocenters.